The second kappa shape index (κ2) is 1.76. The second-order valence-corrected chi connectivity index (χ2v) is 3.18. The number of allylic oxidation sites excluding steroid dienone is 1. The van der Waals surface area contributed by atoms with Crippen LogP contribution in [0.3, 0.4) is 0 Å². The highest BCUT2D eigenvalue weighted by Crippen LogP contribution is 2.28. The van der Waals surface area contributed by atoms with Gasteiger partial charge in [0, 0.05) is 18.8 Å². The number of nitrogens with zero attached hydrogens (tertiary/aromatic N) is 1. The molecule has 2 aliphatic heterocycles. The number of hydrogen-bond donors (Lipinski definition) is 0. The van der Waals surface area contributed by atoms with Crippen molar-refractivity contribution in [1.29, 1.82) is 0 Å². The number of fused-ring (bicyclic) bond motifs is 1. The Morgan fingerprint density at radius 3 is 3.33 bits per heavy atom. The molecule has 0 bridgehead atoms. The maximum Gasteiger partial charge on any atom is 0.0235 e. The Balaban J connectivity index is 2.18. The van der Waals surface area contributed by atoms with E-state index in [-0.39, 0.29) is 0 Å². The van der Waals surface area contributed by atoms with Crippen LogP contribution >= 0.6 is 0 Å². The molecule has 0 radical (unpaired) electrons. The molecule has 50 valence electrons. The molecule has 9 heavy (non-hydrogen) atoms. The maximum atomic E-state index is 2.52. The van der Waals surface area contributed by atoms with Crippen LogP contribution in [0.5, 0.6) is 0 Å². The zero-order valence-electron chi connectivity index (χ0n) is 5.93. The van der Waals surface area contributed by atoms with Gasteiger partial charge in [0.1, 0.15) is 0 Å². The van der Waals surface area contributed by atoms with Gasteiger partial charge in [0.2, 0.25) is 0 Å². The maximum absolute atomic E-state index is 2.52. The highest BCUT2D eigenvalue weighted by atomic mass is 15.2. The Labute approximate surface area is 56.4 Å². The van der Waals surface area contributed by atoms with Gasteiger partial charge in [-0.05, 0) is 18.8 Å². The largest absolute Gasteiger partial charge is 0.374 e. The van der Waals surface area contributed by atoms with Gasteiger partial charge in [-0.2, -0.15) is 0 Å². The predicted octanol–water partition coefficient (Wildman–Crippen LogP) is 1.62. The fourth-order valence-electron chi connectivity index (χ4n) is 1.88. The van der Waals surface area contributed by atoms with Crippen LogP contribution in [-0.4, -0.2) is 18.0 Å². The van der Waals surface area contributed by atoms with E-state index in [2.05, 4.69) is 17.9 Å². The zero-order valence-corrected chi connectivity index (χ0v) is 5.93. The molecule has 1 unspecified atom stereocenters. The minimum atomic E-state index is 0.820. The molecule has 1 heteroatoms. The molecule has 0 aromatic carbocycles. The normalized spacial score (nSPS) is 32.8. The predicted molar refractivity (Wildman–Crippen MR) is 38.1 cm³/mol. The molecule has 2 aliphatic rings. The molecule has 1 atom stereocenters. The fourth-order valence-corrected chi connectivity index (χ4v) is 1.88. The Bertz CT molecular complexity index is 149. The summed E-state index contributed by atoms with van der Waals surface area (Å²) in [5.74, 6) is 0.820. The first kappa shape index (κ1) is 5.33. The summed E-state index contributed by atoms with van der Waals surface area (Å²) in [4.78, 5) is 2.52. The average Bonchev–Trinajstić information content (AvgIpc) is 2.22. The lowest BCUT2D eigenvalue weighted by molar-refractivity contribution is 0.395. The van der Waals surface area contributed by atoms with E-state index in [4.69, 9.17) is 0 Å². The van der Waals surface area contributed by atoms with Crippen LogP contribution in [-0.2, 0) is 0 Å². The first-order valence-corrected chi connectivity index (χ1v) is 3.82. The molecule has 1 saturated heterocycles. The van der Waals surface area contributed by atoms with Crippen molar-refractivity contribution in [3.05, 3.63) is 11.8 Å². The van der Waals surface area contributed by atoms with Crippen molar-refractivity contribution >= 4 is 0 Å². The number of rotatable bonds is 0. The lowest BCUT2D eigenvalue weighted by atomic mass is 10.2. The van der Waals surface area contributed by atoms with Crippen molar-refractivity contribution in [3.63, 3.8) is 0 Å². The summed E-state index contributed by atoms with van der Waals surface area (Å²) in [5, 5.41) is 0. The summed E-state index contributed by atoms with van der Waals surface area (Å²) < 4.78 is 0. The second-order valence-electron chi connectivity index (χ2n) is 3.18. The van der Waals surface area contributed by atoms with E-state index in [0.29, 0.717) is 0 Å². The SMILES string of the molecule is CC1C=C2CCCN2C1. The molecule has 0 aromatic rings. The van der Waals surface area contributed by atoms with Crippen LogP contribution in [0.1, 0.15) is 19.8 Å². The third kappa shape index (κ3) is 0.752. The van der Waals surface area contributed by atoms with E-state index in [9.17, 15) is 0 Å². The quantitative estimate of drug-likeness (QED) is 0.473. The summed E-state index contributed by atoms with van der Waals surface area (Å²) in [6.45, 7) is 4.90. The summed E-state index contributed by atoms with van der Waals surface area (Å²) in [5.41, 5.74) is 1.61. The third-order valence-corrected chi connectivity index (χ3v) is 2.25. The molecule has 0 spiro atoms. The van der Waals surface area contributed by atoms with Crippen LogP contribution in [0.2, 0.25) is 0 Å². The first-order valence-electron chi connectivity index (χ1n) is 3.82. The van der Waals surface area contributed by atoms with Crippen molar-refractivity contribution < 1.29 is 0 Å². The average molecular weight is 123 g/mol. The van der Waals surface area contributed by atoms with Gasteiger partial charge in [-0.1, -0.05) is 13.0 Å². The van der Waals surface area contributed by atoms with Gasteiger partial charge in [-0.15, -0.1) is 0 Å². The van der Waals surface area contributed by atoms with Crippen LogP contribution < -0.4 is 0 Å². The molecular weight excluding hydrogens is 110 g/mol. The highest BCUT2D eigenvalue weighted by molar-refractivity contribution is 5.13. The Morgan fingerprint density at radius 2 is 2.56 bits per heavy atom. The van der Waals surface area contributed by atoms with Gasteiger partial charge in [0.25, 0.3) is 0 Å². The van der Waals surface area contributed by atoms with Crippen molar-refractivity contribution in [2.24, 2.45) is 5.92 Å². The van der Waals surface area contributed by atoms with Gasteiger partial charge in [0.05, 0.1) is 0 Å². The van der Waals surface area contributed by atoms with Gasteiger partial charge in [-0.3, -0.25) is 0 Å². The standard InChI is InChI=1S/C8H13N/c1-7-5-8-3-2-4-9(8)6-7/h5,7H,2-4,6H2,1H3. The van der Waals surface area contributed by atoms with Crippen molar-refractivity contribution in [2.75, 3.05) is 13.1 Å². The van der Waals surface area contributed by atoms with E-state index >= 15 is 0 Å². The van der Waals surface area contributed by atoms with E-state index < -0.39 is 0 Å². The lowest BCUT2D eigenvalue weighted by Gasteiger charge is -2.12. The minimum Gasteiger partial charge on any atom is -0.374 e. The van der Waals surface area contributed by atoms with Gasteiger partial charge >= 0.3 is 0 Å². The monoisotopic (exact) mass is 123 g/mol. The molecule has 0 aromatic heterocycles. The number of hydrogen-bond acceptors (Lipinski definition) is 1. The van der Waals surface area contributed by atoms with Crippen LogP contribution in [0, 0.1) is 5.92 Å². The van der Waals surface area contributed by atoms with Crippen molar-refractivity contribution in [3.8, 4) is 0 Å². The molecule has 2 rings (SSSR count). The van der Waals surface area contributed by atoms with Gasteiger partial charge < -0.3 is 4.90 Å². The topological polar surface area (TPSA) is 3.24 Å². The van der Waals surface area contributed by atoms with Gasteiger partial charge in [-0.25, -0.2) is 0 Å². The Morgan fingerprint density at radius 1 is 1.67 bits per heavy atom. The summed E-state index contributed by atoms with van der Waals surface area (Å²) >= 11 is 0. The molecule has 0 amide bonds. The molecule has 0 aliphatic carbocycles. The molecule has 0 N–H and O–H groups in total. The Kier molecular flexibility index (Phi) is 1.04. The van der Waals surface area contributed by atoms with Crippen molar-refractivity contribution in [1.82, 2.24) is 4.90 Å². The first-order chi connectivity index (χ1) is 4.36. The summed E-state index contributed by atoms with van der Waals surface area (Å²) in [6.07, 6.45) is 5.15. The zero-order chi connectivity index (χ0) is 6.27. The van der Waals surface area contributed by atoms with Crippen LogP contribution in [0.25, 0.3) is 0 Å². The molecule has 2 heterocycles. The highest BCUT2D eigenvalue weighted by Gasteiger charge is 2.23. The lowest BCUT2D eigenvalue weighted by Crippen LogP contribution is -2.16. The molecule has 1 nitrogen and oxygen atoms in total. The minimum absolute atomic E-state index is 0.820. The van der Waals surface area contributed by atoms with Crippen LogP contribution in [0.4, 0.5) is 0 Å². The van der Waals surface area contributed by atoms with E-state index in [0.717, 1.165) is 5.92 Å². The van der Waals surface area contributed by atoms with E-state index in [1.165, 1.54) is 25.9 Å². The van der Waals surface area contributed by atoms with Gasteiger partial charge in [0.15, 0.2) is 0 Å². The summed E-state index contributed by atoms with van der Waals surface area (Å²) in [6, 6.07) is 0. The van der Waals surface area contributed by atoms with E-state index in [1.807, 2.05) is 0 Å². The van der Waals surface area contributed by atoms with Crippen LogP contribution in [0.15, 0.2) is 11.8 Å². The fraction of sp³-hybridized carbons (Fsp3) is 0.750. The smallest absolute Gasteiger partial charge is 0.0235 e. The molecular formula is C8H13N. The van der Waals surface area contributed by atoms with Crippen molar-refractivity contribution in [2.45, 2.75) is 19.8 Å². The summed E-state index contributed by atoms with van der Waals surface area (Å²) in [7, 11) is 0. The molecule has 1 fully saturated rings. The Hall–Kier alpha value is -0.460. The molecule has 0 saturated carbocycles. The van der Waals surface area contributed by atoms with E-state index in [1.54, 1.807) is 5.70 Å². The third-order valence-electron chi connectivity index (χ3n) is 2.25.